The van der Waals surface area contributed by atoms with Crippen LogP contribution in [-0.4, -0.2) is 55.7 Å². The highest BCUT2D eigenvalue weighted by atomic mass is 32.2. The van der Waals surface area contributed by atoms with Crippen molar-refractivity contribution in [2.75, 3.05) is 5.75 Å². The number of aryl methyl sites for hydroxylation is 2. The monoisotopic (exact) mass is 864 g/mol. The van der Waals surface area contributed by atoms with E-state index < -0.39 is 47.5 Å². The Hall–Kier alpha value is -4.90. The topological polar surface area (TPSA) is 210 Å². The Morgan fingerprint density at radius 1 is 0.881 bits per heavy atom. The summed E-state index contributed by atoms with van der Waals surface area (Å²) in [5.74, 6) is -0.653. The Labute approximate surface area is 346 Å². The molecular weight excluding hydrogens is 817 g/mol. The van der Waals surface area contributed by atoms with E-state index in [1.165, 1.54) is 24.3 Å². The number of hydrogen-bond donors (Lipinski definition) is 4. The average Bonchev–Trinajstić information content (AvgIpc) is 3.36. The SMILES string of the molecule is C=C(/C=C/C1=C(Oc2ccc(CCC(=O)O)cc2)C(=C\C=C2\C(CCCS(=O)(=O)O)c3ccc(S(=O)(=O)O)cc3C2(C)C)/CCC1)C(=C)c1cc(S(=O)(=O)O)ccc1C. The van der Waals surface area contributed by atoms with Crippen LogP contribution in [0.5, 0.6) is 5.75 Å². The van der Waals surface area contributed by atoms with Crippen LogP contribution in [0.4, 0.5) is 0 Å². The standard InChI is InChI=1S/C44H48O12S3/c1-28(30(3)39-26-35(58(50,51)52)20-12-29(39)2)11-16-32-8-6-9-33(43(32)56-34-18-13-31(14-19-34)15-24-42(45)46)17-23-40-37(10-7-25-57(47,48)49)38-22-21-36(59(53,54)55)27-41(38)44(40,4)5/h11-14,16-23,26-27,37H,1,3,6-10,15,24-25H2,2,4-5H3,(H,45,46)(H,47,48,49)(H,50,51,52)(H,53,54,55)/b16-11+,33-17-,40-23-. The molecule has 3 aromatic rings. The van der Waals surface area contributed by atoms with Crippen LogP contribution in [0.15, 0.2) is 136 Å². The van der Waals surface area contributed by atoms with Crippen LogP contribution in [0.2, 0.25) is 0 Å². The lowest BCUT2D eigenvalue weighted by atomic mass is 9.79. The van der Waals surface area contributed by atoms with Crippen molar-refractivity contribution in [3.63, 3.8) is 0 Å². The molecule has 0 bridgehead atoms. The minimum Gasteiger partial charge on any atom is -0.481 e. The van der Waals surface area contributed by atoms with Crippen molar-refractivity contribution in [1.82, 2.24) is 0 Å². The number of carboxylic acid groups (broad SMARTS) is 1. The normalized spacial score (nSPS) is 18.4. The lowest BCUT2D eigenvalue weighted by Crippen LogP contribution is -2.17. The highest BCUT2D eigenvalue weighted by Crippen LogP contribution is 2.52. The summed E-state index contributed by atoms with van der Waals surface area (Å²) < 4.78 is 107. The Balaban J connectivity index is 1.58. The molecule has 0 saturated heterocycles. The number of benzene rings is 3. The lowest BCUT2D eigenvalue weighted by molar-refractivity contribution is -0.136. The van der Waals surface area contributed by atoms with Crippen molar-refractivity contribution < 1.29 is 53.5 Å². The second kappa shape index (κ2) is 17.8. The number of aliphatic carboxylic acids is 1. The van der Waals surface area contributed by atoms with Gasteiger partial charge in [0.1, 0.15) is 11.5 Å². The van der Waals surface area contributed by atoms with Crippen LogP contribution in [0, 0.1) is 6.92 Å². The van der Waals surface area contributed by atoms with Gasteiger partial charge in [-0.05, 0) is 132 Å². The quantitative estimate of drug-likeness (QED) is 0.0787. The molecule has 0 heterocycles. The Morgan fingerprint density at radius 2 is 1.53 bits per heavy atom. The first-order chi connectivity index (χ1) is 27.5. The summed E-state index contributed by atoms with van der Waals surface area (Å²) in [6.45, 7) is 14.0. The summed E-state index contributed by atoms with van der Waals surface area (Å²) in [5.41, 5.74) is 6.14. The zero-order valence-corrected chi connectivity index (χ0v) is 35.5. The van der Waals surface area contributed by atoms with Crippen molar-refractivity contribution in [3.05, 3.63) is 154 Å². The molecule has 0 fully saturated rings. The van der Waals surface area contributed by atoms with Crippen LogP contribution < -0.4 is 4.74 Å². The number of carboxylic acids is 1. The summed E-state index contributed by atoms with van der Waals surface area (Å²) in [7, 11) is -13.2. The summed E-state index contributed by atoms with van der Waals surface area (Å²) in [6.07, 6.45) is 10.2. The molecule has 0 aromatic heterocycles. The molecule has 0 spiro atoms. The van der Waals surface area contributed by atoms with E-state index in [0.717, 1.165) is 39.8 Å². The molecule has 59 heavy (non-hydrogen) atoms. The molecule has 1 atom stereocenters. The fourth-order valence-electron chi connectivity index (χ4n) is 7.60. The molecule has 2 aliphatic rings. The van der Waals surface area contributed by atoms with Crippen molar-refractivity contribution in [2.24, 2.45) is 0 Å². The van der Waals surface area contributed by atoms with Gasteiger partial charge in [0.2, 0.25) is 0 Å². The van der Waals surface area contributed by atoms with E-state index in [2.05, 4.69) is 13.2 Å². The number of rotatable bonds is 16. The number of allylic oxidation sites excluding steroid dienone is 9. The van der Waals surface area contributed by atoms with Crippen molar-refractivity contribution in [3.8, 4) is 5.75 Å². The van der Waals surface area contributed by atoms with Gasteiger partial charge in [-0.15, -0.1) is 0 Å². The molecule has 0 radical (unpaired) electrons. The van der Waals surface area contributed by atoms with Gasteiger partial charge in [0.25, 0.3) is 30.4 Å². The molecule has 4 N–H and O–H groups in total. The first-order valence-corrected chi connectivity index (χ1v) is 23.3. The predicted octanol–water partition coefficient (Wildman–Crippen LogP) is 8.74. The maximum Gasteiger partial charge on any atom is 0.303 e. The summed E-state index contributed by atoms with van der Waals surface area (Å²) >= 11 is 0. The molecule has 314 valence electrons. The third-order valence-corrected chi connectivity index (χ3v) is 13.3. The van der Waals surface area contributed by atoms with Crippen molar-refractivity contribution in [1.29, 1.82) is 0 Å². The molecule has 15 heteroatoms. The van der Waals surface area contributed by atoms with Gasteiger partial charge in [-0.3, -0.25) is 18.5 Å². The molecule has 2 aliphatic carbocycles. The van der Waals surface area contributed by atoms with Gasteiger partial charge in [0.05, 0.1) is 15.5 Å². The van der Waals surface area contributed by atoms with E-state index in [-0.39, 0.29) is 28.6 Å². The molecule has 0 amide bonds. The van der Waals surface area contributed by atoms with Gasteiger partial charge in [-0.1, -0.05) is 81.1 Å². The second-order valence-electron chi connectivity index (χ2n) is 15.3. The molecule has 1 unspecified atom stereocenters. The Morgan fingerprint density at radius 3 is 2.15 bits per heavy atom. The maximum atomic E-state index is 12.1. The van der Waals surface area contributed by atoms with Crippen LogP contribution in [-0.2, 0) is 47.0 Å². The smallest absolute Gasteiger partial charge is 0.303 e. The van der Waals surface area contributed by atoms with Crippen LogP contribution in [0.25, 0.3) is 5.57 Å². The number of ether oxygens (including phenoxy) is 1. The van der Waals surface area contributed by atoms with E-state index in [0.29, 0.717) is 59.5 Å². The third-order valence-electron chi connectivity index (χ3n) is 10.8. The Bertz CT molecular complexity index is 2650. The minimum atomic E-state index is -4.52. The maximum absolute atomic E-state index is 12.1. The van der Waals surface area contributed by atoms with Gasteiger partial charge in [-0.2, -0.15) is 25.3 Å². The average molecular weight is 865 g/mol. The van der Waals surface area contributed by atoms with Crippen LogP contribution >= 0.6 is 0 Å². The number of carbonyl (C=O) groups is 1. The van der Waals surface area contributed by atoms with Crippen molar-refractivity contribution in [2.45, 2.75) is 86.8 Å². The lowest BCUT2D eigenvalue weighted by Gasteiger charge is -2.25. The van der Waals surface area contributed by atoms with Crippen LogP contribution in [0.3, 0.4) is 0 Å². The fourth-order valence-corrected chi connectivity index (χ4v) is 9.15. The molecular formula is C44H48O12S3. The summed E-state index contributed by atoms with van der Waals surface area (Å²) in [4.78, 5) is 10.6. The highest BCUT2D eigenvalue weighted by Gasteiger charge is 2.42. The summed E-state index contributed by atoms with van der Waals surface area (Å²) in [5, 5.41) is 9.14. The first kappa shape index (κ1) is 45.2. The van der Waals surface area contributed by atoms with Gasteiger partial charge >= 0.3 is 5.97 Å². The molecule has 0 saturated carbocycles. The van der Waals surface area contributed by atoms with Gasteiger partial charge in [-0.25, -0.2) is 0 Å². The number of hydrogen-bond acceptors (Lipinski definition) is 8. The van der Waals surface area contributed by atoms with Gasteiger partial charge in [0.15, 0.2) is 0 Å². The zero-order chi connectivity index (χ0) is 43.5. The van der Waals surface area contributed by atoms with E-state index in [9.17, 15) is 43.7 Å². The van der Waals surface area contributed by atoms with Gasteiger partial charge in [0, 0.05) is 17.8 Å². The van der Waals surface area contributed by atoms with Gasteiger partial charge < -0.3 is 9.84 Å². The molecule has 5 rings (SSSR count). The number of fused-ring (bicyclic) bond motifs is 1. The van der Waals surface area contributed by atoms with Crippen LogP contribution in [0.1, 0.15) is 86.1 Å². The Kier molecular flexibility index (Phi) is 13.6. The first-order valence-electron chi connectivity index (χ1n) is 18.8. The van der Waals surface area contributed by atoms with Crippen molar-refractivity contribution >= 4 is 41.9 Å². The van der Waals surface area contributed by atoms with E-state index in [4.69, 9.17) is 9.84 Å². The molecule has 3 aromatic carbocycles. The van der Waals surface area contributed by atoms with E-state index in [1.807, 2.05) is 32.1 Å². The molecule has 0 aliphatic heterocycles. The third kappa shape index (κ3) is 11.2. The largest absolute Gasteiger partial charge is 0.481 e. The molecule has 12 nitrogen and oxygen atoms in total. The highest BCUT2D eigenvalue weighted by molar-refractivity contribution is 7.86. The van der Waals surface area contributed by atoms with E-state index in [1.54, 1.807) is 49.4 Å². The second-order valence-corrected chi connectivity index (χ2v) is 19.7. The van der Waals surface area contributed by atoms with E-state index >= 15 is 0 Å². The fraction of sp³-hybridized carbons (Fsp3) is 0.295. The zero-order valence-electron chi connectivity index (χ0n) is 33.0. The summed E-state index contributed by atoms with van der Waals surface area (Å²) in [6, 6.07) is 15.7. The minimum absolute atomic E-state index is 0.0230. The predicted molar refractivity (Wildman–Crippen MR) is 226 cm³/mol.